The summed E-state index contributed by atoms with van der Waals surface area (Å²) in [4.78, 5) is 1.18. The molecule has 1 aliphatic heterocycles. The molecule has 1 aromatic rings. The van der Waals surface area contributed by atoms with Crippen molar-refractivity contribution in [2.24, 2.45) is 0 Å². The molecule has 1 unspecified atom stereocenters. The van der Waals surface area contributed by atoms with Gasteiger partial charge >= 0.3 is 0 Å². The van der Waals surface area contributed by atoms with E-state index in [0.29, 0.717) is 6.10 Å². The van der Waals surface area contributed by atoms with Gasteiger partial charge in [-0.2, -0.15) is 0 Å². The molecule has 0 saturated carbocycles. The van der Waals surface area contributed by atoms with Crippen molar-refractivity contribution in [1.82, 2.24) is 0 Å². The van der Waals surface area contributed by atoms with Crippen LogP contribution >= 0.6 is 11.8 Å². The highest BCUT2D eigenvalue weighted by Crippen LogP contribution is 2.26. The fourth-order valence-electron chi connectivity index (χ4n) is 1.73. The van der Waals surface area contributed by atoms with Crippen LogP contribution in [-0.2, 0) is 11.3 Å². The molecular formula is C12H16O2S. The molecule has 1 atom stereocenters. The van der Waals surface area contributed by atoms with Gasteiger partial charge in [-0.25, -0.2) is 0 Å². The maximum absolute atomic E-state index is 9.17. The summed E-state index contributed by atoms with van der Waals surface area (Å²) in [7, 11) is 0. The quantitative estimate of drug-likeness (QED) is 0.797. The van der Waals surface area contributed by atoms with E-state index in [1.165, 1.54) is 17.7 Å². The van der Waals surface area contributed by atoms with Gasteiger partial charge in [0.2, 0.25) is 0 Å². The normalized spacial score (nSPS) is 20.7. The number of benzene rings is 1. The number of thioether (sulfide) groups is 1. The zero-order valence-electron chi connectivity index (χ0n) is 8.69. The van der Waals surface area contributed by atoms with Crippen LogP contribution in [0.25, 0.3) is 0 Å². The lowest BCUT2D eigenvalue weighted by molar-refractivity contribution is 0.129. The Kier molecular flexibility index (Phi) is 4.06. The van der Waals surface area contributed by atoms with Gasteiger partial charge in [0.25, 0.3) is 0 Å². The minimum Gasteiger partial charge on any atom is -0.392 e. The predicted molar refractivity (Wildman–Crippen MR) is 62.1 cm³/mol. The van der Waals surface area contributed by atoms with Crippen LogP contribution < -0.4 is 0 Å². The van der Waals surface area contributed by atoms with Crippen molar-refractivity contribution >= 4 is 11.8 Å². The second-order valence-corrected chi connectivity index (χ2v) is 4.77. The number of rotatable bonds is 4. The van der Waals surface area contributed by atoms with Crippen molar-refractivity contribution in [2.75, 3.05) is 12.4 Å². The first-order valence-electron chi connectivity index (χ1n) is 5.33. The van der Waals surface area contributed by atoms with E-state index in [9.17, 15) is 0 Å². The number of aliphatic hydroxyl groups is 1. The summed E-state index contributed by atoms with van der Waals surface area (Å²) in [6.07, 6.45) is 2.77. The molecule has 0 bridgehead atoms. The lowest BCUT2D eigenvalue weighted by Gasteiger charge is -2.10. The van der Waals surface area contributed by atoms with E-state index >= 15 is 0 Å². The molecule has 1 heterocycles. The monoisotopic (exact) mass is 224 g/mol. The molecule has 0 aliphatic carbocycles. The standard InChI is InChI=1S/C12H16O2S/c13-8-10-4-1-2-6-12(10)15-9-11-5-3-7-14-11/h1-2,4,6,11,13H,3,5,7-9H2. The maximum atomic E-state index is 9.17. The average Bonchev–Trinajstić information content (AvgIpc) is 2.79. The van der Waals surface area contributed by atoms with Crippen LogP contribution in [0.1, 0.15) is 18.4 Å². The largest absolute Gasteiger partial charge is 0.392 e. The fourth-order valence-corrected chi connectivity index (χ4v) is 2.85. The van der Waals surface area contributed by atoms with Crippen LogP contribution in [0.5, 0.6) is 0 Å². The van der Waals surface area contributed by atoms with Gasteiger partial charge in [0.15, 0.2) is 0 Å². The molecule has 3 heteroatoms. The molecule has 2 nitrogen and oxygen atoms in total. The van der Waals surface area contributed by atoms with Crippen LogP contribution in [0.3, 0.4) is 0 Å². The van der Waals surface area contributed by atoms with Gasteiger partial charge in [-0.3, -0.25) is 0 Å². The highest BCUT2D eigenvalue weighted by Gasteiger charge is 2.15. The number of aliphatic hydroxyl groups excluding tert-OH is 1. The van der Waals surface area contributed by atoms with Gasteiger partial charge in [0.1, 0.15) is 0 Å². The highest BCUT2D eigenvalue weighted by molar-refractivity contribution is 7.99. The lowest BCUT2D eigenvalue weighted by atomic mass is 10.2. The summed E-state index contributed by atoms with van der Waals surface area (Å²) in [5.41, 5.74) is 1.01. The predicted octanol–water partition coefficient (Wildman–Crippen LogP) is 2.45. The minimum absolute atomic E-state index is 0.120. The van der Waals surface area contributed by atoms with Crippen molar-refractivity contribution in [1.29, 1.82) is 0 Å². The van der Waals surface area contributed by atoms with Gasteiger partial charge in [-0.05, 0) is 24.5 Å². The first kappa shape index (κ1) is 11.0. The Morgan fingerprint density at radius 3 is 3.00 bits per heavy atom. The molecule has 82 valence electrons. The SMILES string of the molecule is OCc1ccccc1SCC1CCCO1. The van der Waals surface area contributed by atoms with Gasteiger partial charge in [-0.15, -0.1) is 11.8 Å². The zero-order valence-corrected chi connectivity index (χ0v) is 9.50. The maximum Gasteiger partial charge on any atom is 0.0692 e. The molecule has 1 aliphatic rings. The summed E-state index contributed by atoms with van der Waals surface area (Å²) >= 11 is 1.78. The molecule has 15 heavy (non-hydrogen) atoms. The zero-order chi connectivity index (χ0) is 10.5. The van der Waals surface area contributed by atoms with E-state index in [4.69, 9.17) is 9.84 Å². The van der Waals surface area contributed by atoms with Gasteiger partial charge in [0.05, 0.1) is 12.7 Å². The summed E-state index contributed by atoms with van der Waals surface area (Å²) in [6, 6.07) is 8.00. The van der Waals surface area contributed by atoms with E-state index in [1.54, 1.807) is 11.8 Å². The fraction of sp³-hybridized carbons (Fsp3) is 0.500. The molecule has 1 saturated heterocycles. The Morgan fingerprint density at radius 2 is 2.27 bits per heavy atom. The summed E-state index contributed by atoms with van der Waals surface area (Å²) in [5, 5.41) is 9.17. The Morgan fingerprint density at radius 1 is 1.40 bits per heavy atom. The van der Waals surface area contributed by atoms with E-state index < -0.39 is 0 Å². The van der Waals surface area contributed by atoms with Crippen molar-refractivity contribution in [3.63, 3.8) is 0 Å². The van der Waals surface area contributed by atoms with Crippen LogP contribution in [-0.4, -0.2) is 23.6 Å². The summed E-state index contributed by atoms with van der Waals surface area (Å²) in [5.74, 6) is 0.997. The Hall–Kier alpha value is -0.510. The van der Waals surface area contributed by atoms with Crippen molar-refractivity contribution in [2.45, 2.75) is 30.4 Å². The third-order valence-corrected chi connectivity index (χ3v) is 3.84. The van der Waals surface area contributed by atoms with Crippen LogP contribution in [0, 0.1) is 0 Å². The summed E-state index contributed by atoms with van der Waals surface area (Å²) in [6.45, 7) is 1.03. The topological polar surface area (TPSA) is 29.5 Å². The van der Waals surface area contributed by atoms with E-state index in [-0.39, 0.29) is 6.61 Å². The molecule has 1 fully saturated rings. The van der Waals surface area contributed by atoms with Crippen molar-refractivity contribution < 1.29 is 9.84 Å². The molecule has 0 spiro atoms. The number of hydrogen-bond donors (Lipinski definition) is 1. The molecule has 0 radical (unpaired) electrons. The Labute approximate surface area is 94.6 Å². The molecule has 2 rings (SSSR count). The van der Waals surface area contributed by atoms with E-state index in [2.05, 4.69) is 6.07 Å². The smallest absolute Gasteiger partial charge is 0.0692 e. The molecule has 0 aromatic heterocycles. The third kappa shape index (κ3) is 2.97. The molecule has 0 amide bonds. The second kappa shape index (κ2) is 5.54. The molecule has 1 aromatic carbocycles. The van der Waals surface area contributed by atoms with Crippen LogP contribution in [0.2, 0.25) is 0 Å². The van der Waals surface area contributed by atoms with Crippen LogP contribution in [0.4, 0.5) is 0 Å². The minimum atomic E-state index is 0.120. The van der Waals surface area contributed by atoms with Gasteiger partial charge < -0.3 is 9.84 Å². The Bertz CT molecular complexity index is 308. The van der Waals surface area contributed by atoms with Gasteiger partial charge in [0, 0.05) is 17.3 Å². The third-order valence-electron chi connectivity index (χ3n) is 2.59. The van der Waals surface area contributed by atoms with E-state index in [1.807, 2.05) is 18.2 Å². The van der Waals surface area contributed by atoms with Crippen LogP contribution in [0.15, 0.2) is 29.2 Å². The second-order valence-electron chi connectivity index (χ2n) is 3.71. The highest BCUT2D eigenvalue weighted by atomic mass is 32.2. The molecule has 1 N–H and O–H groups in total. The molecular weight excluding hydrogens is 208 g/mol. The first-order valence-corrected chi connectivity index (χ1v) is 6.32. The van der Waals surface area contributed by atoms with E-state index in [0.717, 1.165) is 17.9 Å². The van der Waals surface area contributed by atoms with Gasteiger partial charge in [-0.1, -0.05) is 18.2 Å². The number of ether oxygens (including phenoxy) is 1. The number of hydrogen-bond acceptors (Lipinski definition) is 3. The van der Waals surface area contributed by atoms with Crippen molar-refractivity contribution in [3.05, 3.63) is 29.8 Å². The summed E-state index contributed by atoms with van der Waals surface area (Å²) < 4.78 is 5.56. The first-order chi connectivity index (χ1) is 7.40. The van der Waals surface area contributed by atoms with Crippen molar-refractivity contribution in [3.8, 4) is 0 Å². The lowest BCUT2D eigenvalue weighted by Crippen LogP contribution is -2.07. The Balaban J connectivity index is 1.91. The average molecular weight is 224 g/mol.